The molecule has 4 heteroatoms. The van der Waals surface area contributed by atoms with Crippen molar-refractivity contribution in [3.8, 4) is 0 Å². The van der Waals surface area contributed by atoms with Crippen LogP contribution in [0.4, 0.5) is 4.39 Å². The molecule has 0 heterocycles. The zero-order valence-corrected chi connectivity index (χ0v) is 14.4. The fourth-order valence-corrected chi connectivity index (χ4v) is 2.78. The van der Waals surface area contributed by atoms with Crippen molar-refractivity contribution in [3.05, 3.63) is 34.6 Å². The van der Waals surface area contributed by atoms with Crippen LogP contribution in [0.15, 0.2) is 18.2 Å². The Kier molecular flexibility index (Phi) is 7.11. The molecule has 1 N–H and O–H groups in total. The Hall–Kier alpha value is -0.640. The molecule has 1 aromatic rings. The minimum absolute atomic E-state index is 0.0116. The molecule has 0 aliphatic rings. The van der Waals surface area contributed by atoms with Gasteiger partial charge in [0, 0.05) is 17.7 Å². The van der Waals surface area contributed by atoms with Crippen molar-refractivity contribution in [1.29, 1.82) is 0 Å². The maximum Gasteiger partial charge on any atom is 0.127 e. The molecule has 0 bridgehead atoms. The summed E-state index contributed by atoms with van der Waals surface area (Å²) >= 11 is 5.82. The van der Waals surface area contributed by atoms with Crippen LogP contribution in [0.2, 0.25) is 5.02 Å². The molecule has 2 nitrogen and oxygen atoms in total. The minimum atomic E-state index is -0.255. The van der Waals surface area contributed by atoms with Crippen molar-refractivity contribution < 1.29 is 9.13 Å². The van der Waals surface area contributed by atoms with Gasteiger partial charge in [-0.2, -0.15) is 0 Å². The van der Waals surface area contributed by atoms with Gasteiger partial charge in [-0.15, -0.1) is 0 Å². The van der Waals surface area contributed by atoms with Gasteiger partial charge in [-0.1, -0.05) is 45.4 Å². The van der Waals surface area contributed by atoms with E-state index in [0.717, 1.165) is 6.54 Å². The smallest absolute Gasteiger partial charge is 0.127 e. The highest BCUT2D eigenvalue weighted by molar-refractivity contribution is 6.30. The Bertz CT molecular complexity index is 445. The first-order valence-electron chi connectivity index (χ1n) is 7.58. The molecule has 2 atom stereocenters. The van der Waals surface area contributed by atoms with Crippen molar-refractivity contribution in [1.82, 2.24) is 5.32 Å². The summed E-state index contributed by atoms with van der Waals surface area (Å²) in [5.41, 5.74) is 0.644. The van der Waals surface area contributed by atoms with Crippen molar-refractivity contribution in [2.24, 2.45) is 5.41 Å². The number of hydrogen-bond donors (Lipinski definition) is 1. The summed E-state index contributed by atoms with van der Waals surface area (Å²) in [6.45, 7) is 12.0. The van der Waals surface area contributed by atoms with Gasteiger partial charge in [0.05, 0.1) is 6.10 Å². The molecular formula is C17H27ClFNO. The lowest BCUT2D eigenvalue weighted by atomic mass is 9.82. The molecule has 21 heavy (non-hydrogen) atoms. The van der Waals surface area contributed by atoms with Crippen molar-refractivity contribution >= 4 is 11.6 Å². The average Bonchev–Trinajstić information content (AvgIpc) is 2.37. The number of halogens is 2. The molecule has 2 unspecified atom stereocenters. The lowest BCUT2D eigenvalue weighted by Gasteiger charge is -2.37. The van der Waals surface area contributed by atoms with E-state index >= 15 is 0 Å². The van der Waals surface area contributed by atoms with E-state index in [1.807, 2.05) is 6.92 Å². The number of nitrogens with one attached hydrogen (secondary N) is 1. The second kappa shape index (κ2) is 8.11. The van der Waals surface area contributed by atoms with Gasteiger partial charge in [0.15, 0.2) is 0 Å². The van der Waals surface area contributed by atoms with Gasteiger partial charge in [0.2, 0.25) is 0 Å². The summed E-state index contributed by atoms with van der Waals surface area (Å²) in [6.07, 6.45) is 0.594. The number of benzene rings is 1. The van der Waals surface area contributed by atoms with E-state index in [1.54, 1.807) is 12.1 Å². The Morgan fingerprint density at radius 1 is 1.29 bits per heavy atom. The summed E-state index contributed by atoms with van der Waals surface area (Å²) < 4.78 is 20.0. The molecule has 1 aromatic carbocycles. The van der Waals surface area contributed by atoms with Gasteiger partial charge < -0.3 is 10.1 Å². The standard InChI is InChI=1S/C17H27ClFNO/c1-6-20-15(16(21-7-2)17(3,4)5)10-12-8-9-13(18)11-14(12)19/h8-9,11,15-16,20H,6-7,10H2,1-5H3. The van der Waals surface area contributed by atoms with Gasteiger partial charge in [0.25, 0.3) is 0 Å². The predicted octanol–water partition coefficient (Wildman–Crippen LogP) is 4.45. The van der Waals surface area contributed by atoms with Gasteiger partial charge in [-0.3, -0.25) is 0 Å². The summed E-state index contributed by atoms with van der Waals surface area (Å²) in [7, 11) is 0. The highest BCUT2D eigenvalue weighted by atomic mass is 35.5. The van der Waals surface area contributed by atoms with Gasteiger partial charge in [-0.05, 0) is 43.0 Å². The lowest BCUT2D eigenvalue weighted by molar-refractivity contribution is -0.0353. The predicted molar refractivity (Wildman–Crippen MR) is 87.4 cm³/mol. The van der Waals surface area contributed by atoms with E-state index in [4.69, 9.17) is 16.3 Å². The summed E-state index contributed by atoms with van der Waals surface area (Å²) in [5.74, 6) is -0.255. The third-order valence-electron chi connectivity index (χ3n) is 3.49. The van der Waals surface area contributed by atoms with Crippen LogP contribution in [0.25, 0.3) is 0 Å². The number of rotatable bonds is 7. The molecule has 120 valence electrons. The maximum atomic E-state index is 14.0. The van der Waals surface area contributed by atoms with Crippen LogP contribution in [0.3, 0.4) is 0 Å². The van der Waals surface area contributed by atoms with Crippen LogP contribution in [0, 0.1) is 11.2 Å². The molecule has 0 saturated carbocycles. The highest BCUT2D eigenvalue weighted by Crippen LogP contribution is 2.27. The molecule has 0 aliphatic carbocycles. The molecule has 0 radical (unpaired) electrons. The Labute approximate surface area is 133 Å². The van der Waals surface area contributed by atoms with Crippen LogP contribution in [-0.2, 0) is 11.2 Å². The van der Waals surface area contributed by atoms with E-state index in [-0.39, 0.29) is 23.4 Å². The lowest BCUT2D eigenvalue weighted by Crippen LogP contribution is -2.49. The van der Waals surface area contributed by atoms with Gasteiger partial charge in [-0.25, -0.2) is 4.39 Å². The summed E-state index contributed by atoms with van der Waals surface area (Å²) in [4.78, 5) is 0. The van der Waals surface area contributed by atoms with Crippen LogP contribution in [0.1, 0.15) is 40.2 Å². The highest BCUT2D eigenvalue weighted by Gasteiger charge is 2.33. The van der Waals surface area contributed by atoms with Crippen LogP contribution >= 0.6 is 11.6 Å². The third-order valence-corrected chi connectivity index (χ3v) is 3.72. The second-order valence-corrected chi connectivity index (χ2v) is 6.78. The van der Waals surface area contributed by atoms with E-state index in [1.165, 1.54) is 6.07 Å². The van der Waals surface area contributed by atoms with E-state index in [9.17, 15) is 4.39 Å². The largest absolute Gasteiger partial charge is 0.376 e. The zero-order chi connectivity index (χ0) is 16.0. The topological polar surface area (TPSA) is 21.3 Å². The number of likely N-dealkylation sites (N-methyl/N-ethyl adjacent to an activating group) is 1. The van der Waals surface area contributed by atoms with Crippen molar-refractivity contribution in [2.75, 3.05) is 13.2 Å². The molecule has 0 spiro atoms. The van der Waals surface area contributed by atoms with E-state index < -0.39 is 0 Å². The molecule has 0 aromatic heterocycles. The first-order chi connectivity index (χ1) is 9.79. The molecule has 0 amide bonds. The zero-order valence-electron chi connectivity index (χ0n) is 13.7. The fraction of sp³-hybridized carbons (Fsp3) is 0.647. The first-order valence-corrected chi connectivity index (χ1v) is 7.96. The molecule has 0 aliphatic heterocycles. The fourth-order valence-electron chi connectivity index (χ4n) is 2.62. The van der Waals surface area contributed by atoms with Gasteiger partial charge >= 0.3 is 0 Å². The van der Waals surface area contributed by atoms with E-state index in [2.05, 4.69) is 33.0 Å². The summed E-state index contributed by atoms with van der Waals surface area (Å²) in [6, 6.07) is 4.92. The number of ether oxygens (including phenoxy) is 1. The Morgan fingerprint density at radius 2 is 1.95 bits per heavy atom. The van der Waals surface area contributed by atoms with Crippen LogP contribution in [-0.4, -0.2) is 25.3 Å². The van der Waals surface area contributed by atoms with E-state index in [0.29, 0.717) is 23.6 Å². The quantitative estimate of drug-likeness (QED) is 0.802. The molecule has 1 rings (SSSR count). The SMILES string of the molecule is CCNC(Cc1ccc(Cl)cc1F)C(OCC)C(C)(C)C. The van der Waals surface area contributed by atoms with Gasteiger partial charge in [0.1, 0.15) is 5.82 Å². The normalized spacial score (nSPS) is 15.0. The van der Waals surface area contributed by atoms with Crippen molar-refractivity contribution in [2.45, 2.75) is 53.2 Å². The average molecular weight is 316 g/mol. The maximum absolute atomic E-state index is 14.0. The molecule has 0 saturated heterocycles. The monoisotopic (exact) mass is 315 g/mol. The minimum Gasteiger partial charge on any atom is -0.376 e. The first kappa shape index (κ1) is 18.4. The number of hydrogen-bond acceptors (Lipinski definition) is 2. The third kappa shape index (κ3) is 5.57. The Balaban J connectivity index is 2.98. The Morgan fingerprint density at radius 3 is 2.43 bits per heavy atom. The van der Waals surface area contributed by atoms with Crippen LogP contribution in [0.5, 0.6) is 0 Å². The van der Waals surface area contributed by atoms with Crippen LogP contribution < -0.4 is 5.32 Å². The second-order valence-electron chi connectivity index (χ2n) is 6.35. The van der Waals surface area contributed by atoms with Crippen molar-refractivity contribution in [3.63, 3.8) is 0 Å². The molecular weight excluding hydrogens is 289 g/mol. The molecule has 0 fully saturated rings. The summed E-state index contributed by atoms with van der Waals surface area (Å²) in [5, 5.41) is 3.86.